The van der Waals surface area contributed by atoms with Crippen molar-refractivity contribution in [1.29, 1.82) is 0 Å². The second kappa shape index (κ2) is 5.06. The molecule has 0 aliphatic carbocycles. The van der Waals surface area contributed by atoms with Gasteiger partial charge in [-0.05, 0) is 25.2 Å². The molecule has 0 amide bonds. The van der Waals surface area contributed by atoms with E-state index in [1.807, 2.05) is 25.6 Å². The lowest BCUT2D eigenvalue weighted by molar-refractivity contribution is 0.232. The molecular weight excluding hydrogens is 272 g/mol. The highest BCUT2D eigenvalue weighted by Crippen LogP contribution is 2.31. The second-order valence-corrected chi connectivity index (χ2v) is 7.50. The zero-order valence-corrected chi connectivity index (χ0v) is 14.3. The van der Waals surface area contributed by atoms with Gasteiger partial charge in [-0.1, -0.05) is 27.7 Å². The normalized spacial score (nSPS) is 15.8. The summed E-state index contributed by atoms with van der Waals surface area (Å²) in [5.41, 5.74) is 3.25. The highest BCUT2D eigenvalue weighted by molar-refractivity contribution is 6.20. The summed E-state index contributed by atoms with van der Waals surface area (Å²) < 4.78 is 4.15. The Hall–Kier alpha value is -1.03. The van der Waals surface area contributed by atoms with Gasteiger partial charge < -0.3 is 4.57 Å². The van der Waals surface area contributed by atoms with Crippen LogP contribution in [0, 0.1) is 18.3 Å². The third-order valence-electron chi connectivity index (χ3n) is 4.21. The number of nitrogens with zero attached hydrogens (tertiary/aromatic N) is 4. The van der Waals surface area contributed by atoms with Crippen LogP contribution in [0.2, 0.25) is 0 Å². The van der Waals surface area contributed by atoms with E-state index in [0.29, 0.717) is 5.92 Å². The Labute approximate surface area is 126 Å². The largest absolute Gasteiger partial charge is 0.311 e. The molecule has 0 saturated heterocycles. The Bertz CT molecular complexity index is 616. The molecule has 4 nitrogen and oxygen atoms in total. The van der Waals surface area contributed by atoms with Gasteiger partial charge in [0.15, 0.2) is 5.65 Å². The summed E-state index contributed by atoms with van der Waals surface area (Å²) in [6.45, 7) is 14.0. The van der Waals surface area contributed by atoms with Gasteiger partial charge in [-0.2, -0.15) is 5.10 Å². The third kappa shape index (κ3) is 2.58. The van der Waals surface area contributed by atoms with Crippen LogP contribution >= 0.6 is 11.6 Å². The molecule has 20 heavy (non-hydrogen) atoms. The van der Waals surface area contributed by atoms with Crippen LogP contribution < -0.4 is 0 Å². The standard InChI is InChI=1S/C15H25ClN4/c1-9(15(4,5)6)8-20-13(10(2)16)17-12-11(3)18-19(7)14(12)20/h9-10H,8H2,1-7H3. The lowest BCUT2D eigenvalue weighted by Gasteiger charge is -2.28. The molecular formula is C15H25ClN4. The molecule has 0 aliphatic heterocycles. The maximum Gasteiger partial charge on any atom is 0.158 e. The fraction of sp³-hybridized carbons (Fsp3) is 0.733. The Morgan fingerprint density at radius 3 is 2.35 bits per heavy atom. The molecule has 2 aromatic rings. The maximum atomic E-state index is 6.33. The Morgan fingerprint density at radius 2 is 1.85 bits per heavy atom. The van der Waals surface area contributed by atoms with Gasteiger partial charge in [0.2, 0.25) is 0 Å². The molecule has 0 N–H and O–H groups in total. The quantitative estimate of drug-likeness (QED) is 0.801. The summed E-state index contributed by atoms with van der Waals surface area (Å²) in [5, 5.41) is 4.37. The van der Waals surface area contributed by atoms with Gasteiger partial charge in [0.25, 0.3) is 0 Å². The van der Waals surface area contributed by atoms with E-state index in [2.05, 4.69) is 37.4 Å². The summed E-state index contributed by atoms with van der Waals surface area (Å²) >= 11 is 6.33. The zero-order chi connectivity index (χ0) is 15.2. The van der Waals surface area contributed by atoms with E-state index in [1.165, 1.54) is 0 Å². The van der Waals surface area contributed by atoms with Gasteiger partial charge in [0.1, 0.15) is 11.3 Å². The van der Waals surface area contributed by atoms with E-state index in [1.54, 1.807) is 0 Å². The smallest absolute Gasteiger partial charge is 0.158 e. The average molecular weight is 297 g/mol. The topological polar surface area (TPSA) is 35.6 Å². The molecule has 2 aromatic heterocycles. The highest BCUT2D eigenvalue weighted by atomic mass is 35.5. The maximum absolute atomic E-state index is 6.33. The first-order valence-electron chi connectivity index (χ1n) is 7.16. The first-order valence-corrected chi connectivity index (χ1v) is 7.60. The molecule has 0 radical (unpaired) electrons. The zero-order valence-electron chi connectivity index (χ0n) is 13.5. The average Bonchev–Trinajstić information content (AvgIpc) is 2.78. The molecule has 0 fully saturated rings. The number of aryl methyl sites for hydroxylation is 2. The number of alkyl halides is 1. The van der Waals surface area contributed by atoms with Crippen LogP contribution in [-0.2, 0) is 13.6 Å². The van der Waals surface area contributed by atoms with Crippen molar-refractivity contribution in [3.8, 4) is 0 Å². The van der Waals surface area contributed by atoms with Crippen molar-refractivity contribution < 1.29 is 0 Å². The van der Waals surface area contributed by atoms with Crippen molar-refractivity contribution in [2.45, 2.75) is 53.5 Å². The summed E-state index contributed by atoms with van der Waals surface area (Å²) in [6.07, 6.45) is 0. The molecule has 2 unspecified atom stereocenters. The molecule has 0 bridgehead atoms. The molecule has 0 aliphatic rings. The predicted molar refractivity (Wildman–Crippen MR) is 84.1 cm³/mol. The van der Waals surface area contributed by atoms with Crippen molar-refractivity contribution in [3.05, 3.63) is 11.5 Å². The summed E-state index contributed by atoms with van der Waals surface area (Å²) in [7, 11) is 1.97. The lowest BCUT2D eigenvalue weighted by atomic mass is 9.82. The van der Waals surface area contributed by atoms with Crippen molar-refractivity contribution in [3.63, 3.8) is 0 Å². The molecule has 2 heterocycles. The van der Waals surface area contributed by atoms with Crippen LogP contribution in [-0.4, -0.2) is 19.3 Å². The molecule has 5 heteroatoms. The van der Waals surface area contributed by atoms with Crippen LogP contribution in [0.1, 0.15) is 51.5 Å². The SMILES string of the molecule is Cc1nn(C)c2c1nc(C(C)Cl)n2CC(C)C(C)(C)C. The number of imidazole rings is 1. The molecule has 2 rings (SSSR count). The highest BCUT2D eigenvalue weighted by Gasteiger charge is 2.25. The summed E-state index contributed by atoms with van der Waals surface area (Å²) in [6, 6.07) is 0. The van der Waals surface area contributed by atoms with Gasteiger partial charge in [0.05, 0.1) is 11.1 Å². The van der Waals surface area contributed by atoms with E-state index < -0.39 is 0 Å². The minimum atomic E-state index is -0.103. The van der Waals surface area contributed by atoms with Crippen LogP contribution in [0.25, 0.3) is 11.2 Å². The monoisotopic (exact) mass is 296 g/mol. The Kier molecular flexibility index (Phi) is 3.89. The van der Waals surface area contributed by atoms with Crippen molar-refractivity contribution in [1.82, 2.24) is 19.3 Å². The van der Waals surface area contributed by atoms with Gasteiger partial charge >= 0.3 is 0 Å². The van der Waals surface area contributed by atoms with Crippen molar-refractivity contribution in [2.75, 3.05) is 0 Å². The van der Waals surface area contributed by atoms with Gasteiger partial charge in [-0.15, -0.1) is 11.6 Å². The van der Waals surface area contributed by atoms with E-state index in [4.69, 9.17) is 16.6 Å². The van der Waals surface area contributed by atoms with E-state index in [-0.39, 0.29) is 10.8 Å². The van der Waals surface area contributed by atoms with E-state index in [9.17, 15) is 0 Å². The van der Waals surface area contributed by atoms with Gasteiger partial charge in [-0.25, -0.2) is 4.98 Å². The van der Waals surface area contributed by atoms with Gasteiger partial charge in [0, 0.05) is 13.6 Å². The van der Waals surface area contributed by atoms with Crippen LogP contribution in [0.5, 0.6) is 0 Å². The Morgan fingerprint density at radius 1 is 1.25 bits per heavy atom. The van der Waals surface area contributed by atoms with Crippen LogP contribution in [0.4, 0.5) is 0 Å². The molecule has 0 saturated carbocycles. The number of hydrogen-bond donors (Lipinski definition) is 0. The lowest BCUT2D eigenvalue weighted by Crippen LogP contribution is -2.24. The fourth-order valence-corrected chi connectivity index (χ4v) is 2.55. The number of rotatable bonds is 3. The first kappa shape index (κ1) is 15.4. The number of hydrogen-bond acceptors (Lipinski definition) is 2. The predicted octanol–water partition coefficient (Wildman–Crippen LogP) is 4.06. The summed E-state index contributed by atoms with van der Waals surface area (Å²) in [5.74, 6) is 1.46. The van der Waals surface area contributed by atoms with E-state index in [0.717, 1.165) is 29.2 Å². The number of halogens is 1. The summed E-state index contributed by atoms with van der Waals surface area (Å²) in [4.78, 5) is 4.72. The van der Waals surface area contributed by atoms with Crippen molar-refractivity contribution in [2.24, 2.45) is 18.4 Å². The molecule has 2 atom stereocenters. The van der Waals surface area contributed by atoms with E-state index >= 15 is 0 Å². The van der Waals surface area contributed by atoms with Crippen LogP contribution in [0.3, 0.4) is 0 Å². The number of fused-ring (bicyclic) bond motifs is 1. The minimum Gasteiger partial charge on any atom is -0.311 e. The second-order valence-electron chi connectivity index (χ2n) is 6.84. The minimum absolute atomic E-state index is 0.103. The molecule has 0 spiro atoms. The Balaban J connectivity index is 2.57. The van der Waals surface area contributed by atoms with Crippen LogP contribution in [0.15, 0.2) is 0 Å². The third-order valence-corrected chi connectivity index (χ3v) is 4.41. The molecule has 112 valence electrons. The molecule has 0 aromatic carbocycles. The fourth-order valence-electron chi connectivity index (χ4n) is 2.38. The van der Waals surface area contributed by atoms with Crippen molar-refractivity contribution >= 4 is 22.8 Å². The first-order chi connectivity index (χ1) is 9.12. The number of aromatic nitrogens is 4. The van der Waals surface area contributed by atoms with Gasteiger partial charge in [-0.3, -0.25) is 4.68 Å².